The smallest absolute Gasteiger partial charge is 0.341 e. The predicted molar refractivity (Wildman–Crippen MR) is 107 cm³/mol. The lowest BCUT2D eigenvalue weighted by Gasteiger charge is -2.30. The van der Waals surface area contributed by atoms with Crippen molar-refractivity contribution in [3.63, 3.8) is 0 Å². The van der Waals surface area contributed by atoms with E-state index >= 15 is 0 Å². The number of amides is 1. The van der Waals surface area contributed by atoms with E-state index in [1.54, 1.807) is 30.8 Å². The number of halogens is 1. The molecule has 2 aromatic rings. The molecule has 9 heteroatoms. The Hall–Kier alpha value is -2.45. The number of benzene rings is 1. The second-order valence-electron chi connectivity index (χ2n) is 7.06. The van der Waals surface area contributed by atoms with Crippen LogP contribution >= 0.6 is 11.6 Å². The molecule has 3 rings (SSSR count). The zero-order valence-corrected chi connectivity index (χ0v) is 17.6. The van der Waals surface area contributed by atoms with Gasteiger partial charge in [0, 0.05) is 24.7 Å². The number of aromatic nitrogens is 3. The van der Waals surface area contributed by atoms with Crippen molar-refractivity contribution in [2.45, 2.75) is 44.6 Å². The fourth-order valence-corrected chi connectivity index (χ4v) is 3.52. The minimum atomic E-state index is -1.09. The van der Waals surface area contributed by atoms with Crippen molar-refractivity contribution in [1.29, 1.82) is 0 Å². The van der Waals surface area contributed by atoms with Crippen LogP contribution in [0.1, 0.15) is 38.4 Å². The Balaban J connectivity index is 1.69. The lowest BCUT2D eigenvalue weighted by atomic mass is 10.0. The van der Waals surface area contributed by atoms with Gasteiger partial charge in [0.25, 0.3) is 5.91 Å². The molecule has 1 aliphatic carbocycles. The molecule has 0 aliphatic heterocycles. The third-order valence-electron chi connectivity index (χ3n) is 4.99. The number of carbonyl (C=O) groups is 2. The van der Waals surface area contributed by atoms with Gasteiger partial charge in [-0.25, -0.2) is 14.8 Å². The summed E-state index contributed by atoms with van der Waals surface area (Å²) in [4.78, 5) is 35.4. The molecule has 1 heterocycles. The molecule has 0 bridgehead atoms. The van der Waals surface area contributed by atoms with E-state index in [9.17, 15) is 9.59 Å². The molecule has 29 heavy (non-hydrogen) atoms. The molecule has 1 amide bonds. The van der Waals surface area contributed by atoms with Gasteiger partial charge in [0.15, 0.2) is 11.4 Å². The first-order valence-corrected chi connectivity index (χ1v) is 10.0. The Bertz CT molecular complexity index is 875. The van der Waals surface area contributed by atoms with Gasteiger partial charge in [-0.1, -0.05) is 11.6 Å². The summed E-state index contributed by atoms with van der Waals surface area (Å²) in [6, 6.07) is 7.16. The summed E-state index contributed by atoms with van der Waals surface area (Å²) in [5, 5.41) is 6.12. The van der Waals surface area contributed by atoms with Crippen LogP contribution < -0.4 is 0 Å². The number of rotatable bonds is 7. The maximum Gasteiger partial charge on any atom is 0.341 e. The molecule has 0 radical (unpaired) electrons. The van der Waals surface area contributed by atoms with Crippen LogP contribution in [-0.2, 0) is 32.6 Å². The number of nitrogens with zero attached hydrogens (tertiary/aromatic N) is 4. The van der Waals surface area contributed by atoms with Crippen LogP contribution in [0, 0.1) is 0 Å². The molecule has 0 saturated heterocycles. The average Bonchev–Trinajstić information content (AvgIpc) is 3.30. The van der Waals surface area contributed by atoms with Crippen molar-refractivity contribution < 1.29 is 19.2 Å². The molecule has 1 aromatic carbocycles. The highest BCUT2D eigenvalue weighted by molar-refractivity contribution is 6.30. The van der Waals surface area contributed by atoms with E-state index in [-0.39, 0.29) is 18.9 Å². The van der Waals surface area contributed by atoms with Crippen LogP contribution in [-0.4, -0.2) is 51.0 Å². The van der Waals surface area contributed by atoms with Crippen LogP contribution in [0.15, 0.2) is 24.3 Å². The number of esters is 1. The molecule has 8 nitrogen and oxygen atoms in total. The van der Waals surface area contributed by atoms with Gasteiger partial charge in [-0.15, -0.1) is 0 Å². The molecule has 1 saturated carbocycles. The maximum absolute atomic E-state index is 12.7. The van der Waals surface area contributed by atoms with Crippen LogP contribution in [0.3, 0.4) is 0 Å². The van der Waals surface area contributed by atoms with Crippen LogP contribution in [0.5, 0.6) is 0 Å². The molecule has 0 unspecified atom stereocenters. The van der Waals surface area contributed by atoms with Gasteiger partial charge >= 0.3 is 5.97 Å². The van der Waals surface area contributed by atoms with Crippen molar-refractivity contribution in [3.05, 3.63) is 35.1 Å². The van der Waals surface area contributed by atoms with Crippen LogP contribution in [0.25, 0.3) is 11.4 Å². The first kappa shape index (κ1) is 21.3. The minimum absolute atomic E-state index is 0.00745. The van der Waals surface area contributed by atoms with E-state index in [4.69, 9.17) is 21.2 Å². The number of hydroxylamine groups is 2. The highest BCUT2D eigenvalue weighted by Gasteiger charge is 2.46. The van der Waals surface area contributed by atoms with Gasteiger partial charge < -0.3 is 4.74 Å². The van der Waals surface area contributed by atoms with Crippen LogP contribution in [0.2, 0.25) is 5.02 Å². The summed E-state index contributed by atoms with van der Waals surface area (Å²) in [5.41, 5.74) is -0.282. The molecular weight excluding hydrogens is 396 g/mol. The molecule has 0 atom stereocenters. The Morgan fingerprint density at radius 1 is 1.24 bits per heavy atom. The standard InChI is InChI=1S/C20H25ClN4O4/c1-4-28-19(27)20(11-5-6-12-20)29-25(3)17(26)13-16-22-18(23-24(16)2)14-7-9-15(21)10-8-14/h7-10H,4-6,11-13H2,1-3H3. The maximum atomic E-state index is 12.7. The fourth-order valence-electron chi connectivity index (χ4n) is 3.39. The fraction of sp³-hybridized carbons (Fsp3) is 0.500. The van der Waals surface area contributed by atoms with Crippen molar-refractivity contribution in [2.75, 3.05) is 13.7 Å². The second-order valence-corrected chi connectivity index (χ2v) is 7.50. The van der Waals surface area contributed by atoms with Gasteiger partial charge in [-0.2, -0.15) is 5.10 Å². The molecule has 1 aliphatic rings. The summed E-state index contributed by atoms with van der Waals surface area (Å²) in [5.74, 6) is 0.265. The highest BCUT2D eigenvalue weighted by atomic mass is 35.5. The largest absolute Gasteiger partial charge is 0.464 e. The number of hydrogen-bond acceptors (Lipinski definition) is 6. The van der Waals surface area contributed by atoms with E-state index in [1.807, 2.05) is 12.1 Å². The Morgan fingerprint density at radius 2 is 1.90 bits per heavy atom. The molecule has 156 valence electrons. The SMILES string of the molecule is CCOC(=O)C1(ON(C)C(=O)Cc2nc(-c3ccc(Cl)cc3)nn2C)CCCC1. The summed E-state index contributed by atoms with van der Waals surface area (Å²) in [6.45, 7) is 2.02. The third kappa shape index (κ3) is 4.76. The summed E-state index contributed by atoms with van der Waals surface area (Å²) < 4.78 is 6.73. The molecule has 0 N–H and O–H groups in total. The average molecular weight is 421 g/mol. The first-order chi connectivity index (χ1) is 13.8. The Kier molecular flexibility index (Phi) is 6.54. The van der Waals surface area contributed by atoms with Crippen LogP contribution in [0.4, 0.5) is 0 Å². The van der Waals surface area contributed by atoms with Gasteiger partial charge in [0.05, 0.1) is 13.0 Å². The third-order valence-corrected chi connectivity index (χ3v) is 5.24. The molecule has 0 spiro atoms. The van der Waals surface area contributed by atoms with E-state index in [0.717, 1.165) is 23.5 Å². The monoisotopic (exact) mass is 420 g/mol. The van der Waals surface area contributed by atoms with Gasteiger partial charge in [-0.05, 0) is 56.9 Å². The number of ether oxygens (including phenoxy) is 1. The predicted octanol–water partition coefficient (Wildman–Crippen LogP) is 2.94. The van der Waals surface area contributed by atoms with Crippen molar-refractivity contribution in [2.24, 2.45) is 7.05 Å². The normalized spacial score (nSPS) is 15.3. The highest BCUT2D eigenvalue weighted by Crippen LogP contribution is 2.35. The molecular formula is C20H25ClN4O4. The van der Waals surface area contributed by atoms with Gasteiger partial charge in [0.1, 0.15) is 5.82 Å². The molecule has 1 fully saturated rings. The number of aryl methyl sites for hydroxylation is 1. The van der Waals surface area contributed by atoms with E-state index in [0.29, 0.717) is 29.5 Å². The van der Waals surface area contributed by atoms with Crippen molar-refractivity contribution in [3.8, 4) is 11.4 Å². The van der Waals surface area contributed by atoms with E-state index in [2.05, 4.69) is 10.1 Å². The second kappa shape index (κ2) is 8.92. The number of hydrogen-bond donors (Lipinski definition) is 0. The Morgan fingerprint density at radius 3 is 2.52 bits per heavy atom. The summed E-state index contributed by atoms with van der Waals surface area (Å²) >= 11 is 5.92. The van der Waals surface area contributed by atoms with E-state index in [1.165, 1.54) is 7.05 Å². The summed E-state index contributed by atoms with van der Waals surface area (Å²) in [7, 11) is 3.24. The van der Waals surface area contributed by atoms with E-state index < -0.39 is 11.6 Å². The number of likely N-dealkylation sites (N-methyl/N-ethyl adjacent to an activating group) is 1. The minimum Gasteiger partial charge on any atom is -0.464 e. The first-order valence-electron chi connectivity index (χ1n) is 9.63. The van der Waals surface area contributed by atoms with Crippen molar-refractivity contribution >= 4 is 23.5 Å². The van der Waals surface area contributed by atoms with Crippen molar-refractivity contribution in [1.82, 2.24) is 19.8 Å². The zero-order valence-electron chi connectivity index (χ0n) is 16.9. The zero-order chi connectivity index (χ0) is 21.0. The topological polar surface area (TPSA) is 86.6 Å². The quantitative estimate of drug-likeness (QED) is 0.505. The lowest BCUT2D eigenvalue weighted by Crippen LogP contribution is -2.47. The lowest BCUT2D eigenvalue weighted by molar-refractivity contribution is -0.237. The molecule has 1 aromatic heterocycles. The summed E-state index contributed by atoms with van der Waals surface area (Å²) in [6.07, 6.45) is 2.78. The van der Waals surface area contributed by atoms with Gasteiger partial charge in [0.2, 0.25) is 0 Å². The Labute approximate surface area is 174 Å². The number of carbonyl (C=O) groups excluding carboxylic acids is 2. The van der Waals surface area contributed by atoms with Gasteiger partial charge in [-0.3, -0.25) is 14.3 Å².